The largest absolute Gasteiger partial charge is 0.375 e. The van der Waals surface area contributed by atoms with Crippen molar-refractivity contribution >= 4 is 45.5 Å². The molecule has 0 fully saturated rings. The van der Waals surface area contributed by atoms with Crippen LogP contribution in [-0.2, 0) is 4.79 Å². The van der Waals surface area contributed by atoms with Gasteiger partial charge in [0.2, 0.25) is 5.91 Å². The van der Waals surface area contributed by atoms with Gasteiger partial charge < -0.3 is 11.1 Å². The lowest BCUT2D eigenvalue weighted by Crippen LogP contribution is -2.27. The first-order valence-electron chi connectivity index (χ1n) is 5.32. The van der Waals surface area contributed by atoms with Crippen molar-refractivity contribution in [2.75, 3.05) is 11.5 Å². The molecule has 7 heteroatoms. The maximum absolute atomic E-state index is 11.8. The molecule has 0 saturated heterocycles. The second-order valence-electron chi connectivity index (χ2n) is 3.61. The summed E-state index contributed by atoms with van der Waals surface area (Å²) in [5.41, 5.74) is 5.52. The Kier molecular flexibility index (Phi) is 4.62. The first kappa shape index (κ1) is 13.4. The Balaban J connectivity index is 1.78. The molecular weight excluding hydrogens is 286 g/mol. The zero-order chi connectivity index (χ0) is 13.0. The van der Waals surface area contributed by atoms with Gasteiger partial charge >= 0.3 is 0 Å². The van der Waals surface area contributed by atoms with E-state index in [0.717, 1.165) is 9.09 Å². The van der Waals surface area contributed by atoms with E-state index in [-0.39, 0.29) is 11.9 Å². The molecule has 0 aliphatic carbocycles. The SMILES string of the molecule is CC(NC(=O)CSc1cnc(N)s1)c1cccs1. The second-order valence-corrected chi connectivity index (χ2v) is 6.93. The van der Waals surface area contributed by atoms with Crippen LogP contribution in [-0.4, -0.2) is 16.6 Å². The average molecular weight is 299 g/mol. The van der Waals surface area contributed by atoms with Crippen LogP contribution in [0.3, 0.4) is 0 Å². The number of amides is 1. The van der Waals surface area contributed by atoms with Crippen LogP contribution in [0.4, 0.5) is 5.13 Å². The van der Waals surface area contributed by atoms with Crippen molar-refractivity contribution in [3.63, 3.8) is 0 Å². The van der Waals surface area contributed by atoms with Gasteiger partial charge in [-0.3, -0.25) is 4.79 Å². The molecule has 2 heterocycles. The zero-order valence-corrected chi connectivity index (χ0v) is 12.2. The summed E-state index contributed by atoms with van der Waals surface area (Å²) in [6, 6.07) is 4.06. The Morgan fingerprint density at radius 1 is 1.67 bits per heavy atom. The number of thiophene rings is 1. The van der Waals surface area contributed by atoms with Gasteiger partial charge in [0.25, 0.3) is 0 Å². The summed E-state index contributed by atoms with van der Waals surface area (Å²) in [4.78, 5) is 16.9. The van der Waals surface area contributed by atoms with Crippen LogP contribution in [0.1, 0.15) is 17.8 Å². The number of nitrogen functional groups attached to an aromatic ring is 1. The van der Waals surface area contributed by atoms with Gasteiger partial charge in [0, 0.05) is 4.88 Å². The molecule has 0 aliphatic heterocycles. The van der Waals surface area contributed by atoms with Gasteiger partial charge in [-0.25, -0.2) is 4.98 Å². The number of carbonyl (C=O) groups is 1. The number of hydrogen-bond acceptors (Lipinski definition) is 6. The molecule has 2 rings (SSSR count). The standard InChI is InChI=1S/C11H13N3OS3/c1-7(8-3-2-4-16-8)14-9(15)6-17-10-5-13-11(12)18-10/h2-5,7H,6H2,1H3,(H2,12,13)(H,14,15). The molecule has 1 atom stereocenters. The van der Waals surface area contributed by atoms with Crippen LogP contribution in [0.5, 0.6) is 0 Å². The number of carbonyl (C=O) groups excluding carboxylic acids is 1. The van der Waals surface area contributed by atoms with Gasteiger partial charge in [-0.1, -0.05) is 17.4 Å². The summed E-state index contributed by atoms with van der Waals surface area (Å²) < 4.78 is 0.964. The Bertz CT molecular complexity index is 509. The fourth-order valence-electron chi connectivity index (χ4n) is 1.37. The summed E-state index contributed by atoms with van der Waals surface area (Å²) in [6.07, 6.45) is 1.70. The molecule has 0 aliphatic rings. The van der Waals surface area contributed by atoms with Gasteiger partial charge in [-0.05, 0) is 18.4 Å². The van der Waals surface area contributed by atoms with Gasteiger partial charge in [-0.2, -0.15) is 0 Å². The summed E-state index contributed by atoms with van der Waals surface area (Å²) in [7, 11) is 0. The molecule has 0 saturated carbocycles. The van der Waals surface area contributed by atoms with E-state index in [1.807, 2.05) is 24.4 Å². The van der Waals surface area contributed by atoms with Gasteiger partial charge in [-0.15, -0.1) is 23.1 Å². The molecule has 4 nitrogen and oxygen atoms in total. The molecule has 18 heavy (non-hydrogen) atoms. The van der Waals surface area contributed by atoms with E-state index in [4.69, 9.17) is 5.73 Å². The lowest BCUT2D eigenvalue weighted by molar-refractivity contribution is -0.119. The van der Waals surface area contributed by atoms with E-state index < -0.39 is 0 Å². The molecular formula is C11H13N3OS3. The molecule has 0 radical (unpaired) electrons. The topological polar surface area (TPSA) is 68.0 Å². The fourth-order valence-corrected chi connectivity index (χ4v) is 3.67. The number of nitrogens with zero attached hydrogens (tertiary/aromatic N) is 1. The number of thiazole rings is 1. The predicted octanol–water partition coefficient (Wildman–Crippen LogP) is 2.76. The van der Waals surface area contributed by atoms with Crippen LogP contribution in [0.25, 0.3) is 0 Å². The Morgan fingerprint density at radius 2 is 2.50 bits per heavy atom. The number of nitrogens with two attached hydrogens (primary N) is 1. The lowest BCUT2D eigenvalue weighted by Gasteiger charge is -2.11. The number of thioether (sulfide) groups is 1. The van der Waals surface area contributed by atoms with Crippen molar-refractivity contribution in [3.8, 4) is 0 Å². The third kappa shape index (κ3) is 3.72. The van der Waals surface area contributed by atoms with Crippen molar-refractivity contribution in [1.82, 2.24) is 10.3 Å². The normalized spacial score (nSPS) is 12.3. The van der Waals surface area contributed by atoms with Gasteiger partial charge in [0.15, 0.2) is 5.13 Å². The van der Waals surface area contributed by atoms with Crippen molar-refractivity contribution < 1.29 is 4.79 Å². The minimum absolute atomic E-state index is 0.0212. The van der Waals surface area contributed by atoms with Crippen LogP contribution >= 0.6 is 34.4 Å². The van der Waals surface area contributed by atoms with Crippen molar-refractivity contribution in [3.05, 3.63) is 28.6 Å². The van der Waals surface area contributed by atoms with E-state index in [9.17, 15) is 4.79 Å². The third-order valence-electron chi connectivity index (χ3n) is 2.20. The predicted molar refractivity (Wildman–Crippen MR) is 78.1 cm³/mol. The van der Waals surface area contributed by atoms with Crippen LogP contribution in [0.2, 0.25) is 0 Å². The summed E-state index contributed by atoms with van der Waals surface area (Å²) >= 11 is 4.50. The lowest BCUT2D eigenvalue weighted by atomic mass is 10.3. The van der Waals surface area contributed by atoms with Gasteiger partial charge in [0.05, 0.1) is 22.2 Å². The molecule has 0 spiro atoms. The summed E-state index contributed by atoms with van der Waals surface area (Å²) in [5.74, 6) is 0.407. The Hall–Kier alpha value is -1.05. The molecule has 0 aromatic carbocycles. The number of aromatic nitrogens is 1. The van der Waals surface area contributed by atoms with Gasteiger partial charge in [0.1, 0.15) is 0 Å². The quantitative estimate of drug-likeness (QED) is 0.833. The van der Waals surface area contributed by atoms with Crippen molar-refractivity contribution in [2.45, 2.75) is 17.2 Å². The first-order chi connectivity index (χ1) is 8.65. The smallest absolute Gasteiger partial charge is 0.230 e. The molecule has 96 valence electrons. The number of anilines is 1. The summed E-state index contributed by atoms with van der Waals surface area (Å²) in [6.45, 7) is 1.99. The highest BCUT2D eigenvalue weighted by Gasteiger charge is 2.11. The Morgan fingerprint density at radius 3 is 3.11 bits per heavy atom. The number of hydrogen-bond donors (Lipinski definition) is 2. The first-order valence-corrected chi connectivity index (χ1v) is 8.00. The number of rotatable bonds is 5. The van der Waals surface area contributed by atoms with Crippen LogP contribution in [0, 0.1) is 0 Å². The molecule has 1 amide bonds. The van der Waals surface area contributed by atoms with Crippen LogP contribution < -0.4 is 11.1 Å². The maximum atomic E-state index is 11.8. The summed E-state index contributed by atoms with van der Waals surface area (Å²) in [5, 5.41) is 5.50. The second kappa shape index (κ2) is 6.21. The van der Waals surface area contributed by atoms with Crippen LogP contribution in [0.15, 0.2) is 27.9 Å². The van der Waals surface area contributed by atoms with E-state index in [0.29, 0.717) is 10.9 Å². The minimum atomic E-state index is 0.0212. The highest BCUT2D eigenvalue weighted by atomic mass is 32.2. The molecule has 0 bridgehead atoms. The minimum Gasteiger partial charge on any atom is -0.375 e. The average Bonchev–Trinajstić information content (AvgIpc) is 2.97. The molecule has 2 aromatic heterocycles. The molecule has 1 unspecified atom stereocenters. The van der Waals surface area contributed by atoms with Crippen molar-refractivity contribution in [1.29, 1.82) is 0 Å². The fraction of sp³-hybridized carbons (Fsp3) is 0.273. The van der Waals surface area contributed by atoms with E-state index in [1.54, 1.807) is 17.5 Å². The van der Waals surface area contributed by atoms with E-state index >= 15 is 0 Å². The molecule has 3 N–H and O–H groups in total. The molecule has 2 aromatic rings. The number of nitrogens with one attached hydrogen (secondary N) is 1. The highest BCUT2D eigenvalue weighted by Crippen LogP contribution is 2.26. The van der Waals surface area contributed by atoms with E-state index in [2.05, 4.69) is 10.3 Å². The zero-order valence-electron chi connectivity index (χ0n) is 9.75. The monoisotopic (exact) mass is 299 g/mol. The van der Waals surface area contributed by atoms with E-state index in [1.165, 1.54) is 23.1 Å². The highest BCUT2D eigenvalue weighted by molar-refractivity contribution is 8.01. The third-order valence-corrected chi connectivity index (χ3v) is 5.27. The maximum Gasteiger partial charge on any atom is 0.230 e. The van der Waals surface area contributed by atoms with Crippen molar-refractivity contribution in [2.24, 2.45) is 0 Å². The Labute approximate surface area is 118 Å².